The molecule has 0 aliphatic carbocycles. The number of hydrogen-bond donors (Lipinski definition) is 2. The van der Waals surface area contributed by atoms with E-state index in [4.69, 9.17) is 5.11 Å². The molecule has 2 rings (SSSR count). The summed E-state index contributed by atoms with van der Waals surface area (Å²) in [5.74, 6) is 0.0784. The van der Waals surface area contributed by atoms with Gasteiger partial charge in [0.05, 0.1) is 0 Å². The zero-order valence-electron chi connectivity index (χ0n) is 9.13. The highest BCUT2D eigenvalue weighted by molar-refractivity contribution is 5.93. The minimum Gasteiger partial charge on any atom is -0.508 e. The average Bonchev–Trinajstić information content (AvgIpc) is 2.39. The predicted octanol–water partition coefficient (Wildman–Crippen LogP) is 1.72. The zero-order chi connectivity index (χ0) is 12.1. The molecule has 0 aliphatic heterocycles. The van der Waals surface area contributed by atoms with Gasteiger partial charge in [-0.15, -0.1) is 0 Å². The monoisotopic (exact) mass is 228 g/mol. The normalized spacial score (nSPS) is 9.88. The maximum absolute atomic E-state index is 11.7. The van der Waals surface area contributed by atoms with E-state index in [1.165, 1.54) is 0 Å². The summed E-state index contributed by atoms with van der Waals surface area (Å²) < 4.78 is 0. The Morgan fingerprint density at radius 2 is 1.76 bits per heavy atom. The SMILES string of the molecule is O=C(NCc1ccc(O)cc1)c1ccncc1. The number of pyridine rings is 1. The van der Waals surface area contributed by atoms with E-state index in [9.17, 15) is 4.79 Å². The second-order valence-electron chi connectivity index (χ2n) is 3.59. The number of hydrogen-bond acceptors (Lipinski definition) is 3. The van der Waals surface area contributed by atoms with Crippen molar-refractivity contribution >= 4 is 5.91 Å². The molecular formula is C13H12N2O2. The lowest BCUT2D eigenvalue weighted by Gasteiger charge is -2.05. The van der Waals surface area contributed by atoms with E-state index in [-0.39, 0.29) is 11.7 Å². The quantitative estimate of drug-likeness (QED) is 0.840. The minimum atomic E-state index is -0.138. The molecule has 1 aromatic heterocycles. The fraction of sp³-hybridized carbons (Fsp3) is 0.0769. The zero-order valence-corrected chi connectivity index (χ0v) is 9.13. The van der Waals surface area contributed by atoms with Gasteiger partial charge in [-0.05, 0) is 29.8 Å². The molecule has 4 nitrogen and oxygen atoms in total. The Bertz CT molecular complexity index is 495. The van der Waals surface area contributed by atoms with Crippen LogP contribution in [0.4, 0.5) is 0 Å². The largest absolute Gasteiger partial charge is 0.508 e. The number of nitrogens with zero attached hydrogens (tertiary/aromatic N) is 1. The van der Waals surface area contributed by atoms with E-state index in [0.717, 1.165) is 5.56 Å². The molecule has 17 heavy (non-hydrogen) atoms. The van der Waals surface area contributed by atoms with Crippen molar-refractivity contribution in [2.45, 2.75) is 6.54 Å². The highest BCUT2D eigenvalue weighted by Gasteiger charge is 2.03. The van der Waals surface area contributed by atoms with Crippen LogP contribution < -0.4 is 5.32 Å². The average molecular weight is 228 g/mol. The van der Waals surface area contributed by atoms with Gasteiger partial charge in [-0.25, -0.2) is 0 Å². The van der Waals surface area contributed by atoms with Crippen molar-refractivity contribution in [2.75, 3.05) is 0 Å². The third kappa shape index (κ3) is 3.04. The summed E-state index contributed by atoms with van der Waals surface area (Å²) in [4.78, 5) is 15.5. The van der Waals surface area contributed by atoms with Gasteiger partial charge in [-0.3, -0.25) is 9.78 Å². The van der Waals surface area contributed by atoms with Crippen molar-refractivity contribution in [1.82, 2.24) is 10.3 Å². The van der Waals surface area contributed by atoms with E-state index in [1.807, 2.05) is 0 Å². The third-order valence-electron chi connectivity index (χ3n) is 2.33. The number of phenols is 1. The van der Waals surface area contributed by atoms with Crippen molar-refractivity contribution in [3.05, 3.63) is 59.9 Å². The van der Waals surface area contributed by atoms with Gasteiger partial charge in [0.15, 0.2) is 0 Å². The van der Waals surface area contributed by atoms with Crippen LogP contribution in [0.15, 0.2) is 48.8 Å². The number of rotatable bonds is 3. The van der Waals surface area contributed by atoms with Gasteiger partial charge in [0.1, 0.15) is 5.75 Å². The standard InChI is InChI=1S/C13H12N2O2/c16-12-3-1-10(2-4-12)9-15-13(17)11-5-7-14-8-6-11/h1-8,16H,9H2,(H,15,17). The van der Waals surface area contributed by atoms with Crippen LogP contribution in [0.25, 0.3) is 0 Å². The number of benzene rings is 1. The molecular weight excluding hydrogens is 216 g/mol. The second kappa shape index (κ2) is 5.12. The van der Waals surface area contributed by atoms with Crippen LogP contribution in [0.1, 0.15) is 15.9 Å². The molecule has 0 radical (unpaired) electrons. The van der Waals surface area contributed by atoms with Gasteiger partial charge in [0.25, 0.3) is 5.91 Å². The number of aromatic nitrogens is 1. The maximum atomic E-state index is 11.7. The molecule has 0 saturated heterocycles. The summed E-state index contributed by atoms with van der Waals surface area (Å²) in [6.45, 7) is 0.432. The summed E-state index contributed by atoms with van der Waals surface area (Å²) in [5, 5.41) is 11.9. The van der Waals surface area contributed by atoms with Crippen LogP contribution in [0.2, 0.25) is 0 Å². The van der Waals surface area contributed by atoms with E-state index in [1.54, 1.807) is 48.8 Å². The Kier molecular flexibility index (Phi) is 3.35. The van der Waals surface area contributed by atoms with Crippen LogP contribution in [0.3, 0.4) is 0 Å². The topological polar surface area (TPSA) is 62.2 Å². The van der Waals surface area contributed by atoms with E-state index in [2.05, 4.69) is 10.3 Å². The molecule has 1 amide bonds. The number of amides is 1. The number of phenolic OH excluding ortho intramolecular Hbond substituents is 1. The van der Waals surface area contributed by atoms with E-state index < -0.39 is 0 Å². The molecule has 4 heteroatoms. The first-order valence-corrected chi connectivity index (χ1v) is 5.22. The Balaban J connectivity index is 1.95. The van der Waals surface area contributed by atoms with Gasteiger partial charge in [0, 0.05) is 24.5 Å². The summed E-state index contributed by atoms with van der Waals surface area (Å²) in [5.41, 5.74) is 1.52. The van der Waals surface area contributed by atoms with Gasteiger partial charge < -0.3 is 10.4 Å². The van der Waals surface area contributed by atoms with Gasteiger partial charge >= 0.3 is 0 Å². The molecule has 1 aromatic carbocycles. The summed E-state index contributed by atoms with van der Waals surface area (Å²) >= 11 is 0. The Morgan fingerprint density at radius 1 is 1.12 bits per heavy atom. The molecule has 0 fully saturated rings. The van der Waals surface area contributed by atoms with Crippen molar-refractivity contribution in [2.24, 2.45) is 0 Å². The fourth-order valence-electron chi connectivity index (χ4n) is 1.40. The molecule has 86 valence electrons. The van der Waals surface area contributed by atoms with Gasteiger partial charge in [-0.1, -0.05) is 12.1 Å². The molecule has 0 atom stereocenters. The summed E-state index contributed by atoms with van der Waals surface area (Å²) in [6.07, 6.45) is 3.16. The number of carbonyl (C=O) groups is 1. The number of nitrogens with one attached hydrogen (secondary N) is 1. The highest BCUT2D eigenvalue weighted by Crippen LogP contribution is 2.09. The lowest BCUT2D eigenvalue weighted by atomic mass is 10.2. The van der Waals surface area contributed by atoms with Crippen molar-refractivity contribution in [3.8, 4) is 5.75 Å². The Hall–Kier alpha value is -2.36. The molecule has 2 N–H and O–H groups in total. The highest BCUT2D eigenvalue weighted by atomic mass is 16.3. The predicted molar refractivity (Wildman–Crippen MR) is 63.5 cm³/mol. The Morgan fingerprint density at radius 3 is 2.41 bits per heavy atom. The smallest absolute Gasteiger partial charge is 0.251 e. The van der Waals surface area contributed by atoms with Crippen LogP contribution >= 0.6 is 0 Å². The minimum absolute atomic E-state index is 0.138. The molecule has 0 unspecified atom stereocenters. The van der Waals surface area contributed by atoms with Crippen LogP contribution in [0, 0.1) is 0 Å². The van der Waals surface area contributed by atoms with Crippen molar-refractivity contribution in [3.63, 3.8) is 0 Å². The second-order valence-corrected chi connectivity index (χ2v) is 3.59. The maximum Gasteiger partial charge on any atom is 0.251 e. The van der Waals surface area contributed by atoms with E-state index >= 15 is 0 Å². The van der Waals surface area contributed by atoms with Crippen molar-refractivity contribution < 1.29 is 9.90 Å². The Labute approximate surface area is 98.9 Å². The summed E-state index contributed by atoms with van der Waals surface area (Å²) in [6, 6.07) is 10.0. The first kappa shape index (κ1) is 11.1. The van der Waals surface area contributed by atoms with Gasteiger partial charge in [-0.2, -0.15) is 0 Å². The molecule has 2 aromatic rings. The van der Waals surface area contributed by atoms with Crippen LogP contribution in [-0.4, -0.2) is 16.0 Å². The molecule has 0 saturated carbocycles. The third-order valence-corrected chi connectivity index (χ3v) is 2.33. The van der Waals surface area contributed by atoms with E-state index in [0.29, 0.717) is 12.1 Å². The number of carbonyl (C=O) groups excluding carboxylic acids is 1. The first-order valence-electron chi connectivity index (χ1n) is 5.22. The van der Waals surface area contributed by atoms with Crippen molar-refractivity contribution in [1.29, 1.82) is 0 Å². The first-order chi connectivity index (χ1) is 8.25. The summed E-state index contributed by atoms with van der Waals surface area (Å²) in [7, 11) is 0. The molecule has 1 heterocycles. The molecule has 0 bridgehead atoms. The van der Waals surface area contributed by atoms with Crippen LogP contribution in [-0.2, 0) is 6.54 Å². The lowest BCUT2D eigenvalue weighted by Crippen LogP contribution is -2.22. The lowest BCUT2D eigenvalue weighted by molar-refractivity contribution is 0.0951. The van der Waals surface area contributed by atoms with Gasteiger partial charge in [0.2, 0.25) is 0 Å². The molecule has 0 aliphatic rings. The number of aromatic hydroxyl groups is 1. The fourth-order valence-corrected chi connectivity index (χ4v) is 1.40. The van der Waals surface area contributed by atoms with Crippen LogP contribution in [0.5, 0.6) is 5.75 Å². The molecule has 0 spiro atoms.